The first-order valence-electron chi connectivity index (χ1n) is 5.54. The van der Waals surface area contributed by atoms with E-state index in [2.05, 4.69) is 10.5 Å². The predicted molar refractivity (Wildman–Crippen MR) is 69.6 cm³/mol. The van der Waals surface area contributed by atoms with Crippen LogP contribution in [0.4, 0.5) is 4.39 Å². The number of amides is 1. The summed E-state index contributed by atoms with van der Waals surface area (Å²) in [6.07, 6.45) is 1.20. The van der Waals surface area contributed by atoms with Crippen molar-refractivity contribution < 1.29 is 14.3 Å². The van der Waals surface area contributed by atoms with Crippen molar-refractivity contribution in [2.24, 2.45) is 5.10 Å². The van der Waals surface area contributed by atoms with Crippen LogP contribution in [0.1, 0.15) is 15.9 Å². The molecule has 0 heterocycles. The molecule has 0 atom stereocenters. The number of hydrogen-bond acceptors (Lipinski definition) is 3. The van der Waals surface area contributed by atoms with Crippen LogP contribution in [0.2, 0.25) is 0 Å². The van der Waals surface area contributed by atoms with E-state index >= 15 is 0 Å². The molecule has 0 saturated heterocycles. The van der Waals surface area contributed by atoms with Crippen LogP contribution in [0.25, 0.3) is 0 Å². The van der Waals surface area contributed by atoms with Crippen LogP contribution < -0.4 is 5.43 Å². The molecule has 0 unspecified atom stereocenters. The molecule has 0 spiro atoms. The number of hydrazone groups is 1. The molecular weight excluding hydrogens is 247 g/mol. The highest BCUT2D eigenvalue weighted by Gasteiger charge is 2.08. The van der Waals surface area contributed by atoms with E-state index in [1.807, 2.05) is 0 Å². The second-order valence-electron chi connectivity index (χ2n) is 3.74. The molecule has 2 aromatic carbocycles. The Morgan fingerprint density at radius 1 is 1.16 bits per heavy atom. The highest BCUT2D eigenvalue weighted by molar-refractivity contribution is 5.97. The summed E-state index contributed by atoms with van der Waals surface area (Å²) in [6.45, 7) is 0. The number of hydrogen-bond donors (Lipinski definition) is 2. The van der Waals surface area contributed by atoms with E-state index in [9.17, 15) is 14.3 Å². The van der Waals surface area contributed by atoms with Crippen molar-refractivity contribution >= 4 is 12.1 Å². The van der Waals surface area contributed by atoms with E-state index in [1.54, 1.807) is 24.3 Å². The van der Waals surface area contributed by atoms with Crippen molar-refractivity contribution in [2.45, 2.75) is 0 Å². The number of carbonyl (C=O) groups is 1. The summed E-state index contributed by atoms with van der Waals surface area (Å²) < 4.78 is 13.3. The number of carbonyl (C=O) groups excluding carboxylic acids is 1. The van der Waals surface area contributed by atoms with Gasteiger partial charge in [0.25, 0.3) is 5.91 Å². The first-order valence-corrected chi connectivity index (χ1v) is 5.54. The molecule has 2 rings (SSSR count). The average molecular weight is 258 g/mol. The number of para-hydroxylation sites is 1. The molecule has 2 aromatic rings. The molecule has 0 saturated carbocycles. The van der Waals surface area contributed by atoms with Crippen molar-refractivity contribution in [1.82, 2.24) is 5.43 Å². The van der Waals surface area contributed by atoms with Crippen molar-refractivity contribution in [3.05, 3.63) is 65.5 Å². The quantitative estimate of drug-likeness (QED) is 0.655. The van der Waals surface area contributed by atoms with Crippen LogP contribution in [-0.4, -0.2) is 17.2 Å². The zero-order valence-electron chi connectivity index (χ0n) is 9.88. The molecule has 0 aliphatic rings. The summed E-state index contributed by atoms with van der Waals surface area (Å²) in [6, 6.07) is 12.1. The standard InChI is InChI=1S/C14H11FN2O2/c15-12-7-3-1-5-10(12)9-16-17-14(19)11-6-2-4-8-13(11)18/h1-9,18H,(H,17,19). The number of phenolic OH excluding ortho intramolecular Hbond substituents is 1. The Kier molecular flexibility index (Phi) is 3.87. The van der Waals surface area contributed by atoms with Gasteiger partial charge in [-0.1, -0.05) is 30.3 Å². The molecule has 96 valence electrons. The van der Waals surface area contributed by atoms with E-state index in [0.717, 1.165) is 0 Å². The van der Waals surface area contributed by atoms with Gasteiger partial charge in [-0.3, -0.25) is 4.79 Å². The number of nitrogens with one attached hydrogen (secondary N) is 1. The second kappa shape index (κ2) is 5.77. The van der Waals surface area contributed by atoms with Crippen LogP contribution in [0.5, 0.6) is 5.75 Å². The fraction of sp³-hybridized carbons (Fsp3) is 0. The zero-order chi connectivity index (χ0) is 13.7. The van der Waals surface area contributed by atoms with Gasteiger partial charge in [0.15, 0.2) is 0 Å². The topological polar surface area (TPSA) is 61.7 Å². The van der Waals surface area contributed by atoms with Gasteiger partial charge in [0.05, 0.1) is 11.8 Å². The van der Waals surface area contributed by atoms with E-state index in [4.69, 9.17) is 0 Å². The lowest BCUT2D eigenvalue weighted by atomic mass is 10.2. The zero-order valence-corrected chi connectivity index (χ0v) is 9.88. The number of benzene rings is 2. The van der Waals surface area contributed by atoms with Gasteiger partial charge < -0.3 is 5.11 Å². The van der Waals surface area contributed by atoms with Crippen molar-refractivity contribution in [1.29, 1.82) is 0 Å². The molecule has 0 aromatic heterocycles. The molecule has 0 bridgehead atoms. The van der Waals surface area contributed by atoms with Gasteiger partial charge in [-0.15, -0.1) is 0 Å². The third-order valence-electron chi connectivity index (χ3n) is 2.42. The van der Waals surface area contributed by atoms with Gasteiger partial charge in [0.1, 0.15) is 11.6 Å². The highest BCUT2D eigenvalue weighted by Crippen LogP contribution is 2.14. The van der Waals surface area contributed by atoms with Crippen molar-refractivity contribution in [3.8, 4) is 5.75 Å². The number of phenols is 1. The largest absolute Gasteiger partial charge is 0.507 e. The van der Waals surface area contributed by atoms with Crippen LogP contribution >= 0.6 is 0 Å². The Bertz CT molecular complexity index is 626. The Morgan fingerprint density at radius 2 is 1.84 bits per heavy atom. The smallest absolute Gasteiger partial charge is 0.275 e. The first kappa shape index (κ1) is 12.8. The Balaban J connectivity index is 2.06. The molecule has 19 heavy (non-hydrogen) atoms. The molecule has 2 N–H and O–H groups in total. The van der Waals surface area contributed by atoms with E-state index in [1.165, 1.54) is 30.5 Å². The van der Waals surface area contributed by atoms with Gasteiger partial charge in [0.2, 0.25) is 0 Å². The van der Waals surface area contributed by atoms with Crippen molar-refractivity contribution in [2.75, 3.05) is 0 Å². The first-order chi connectivity index (χ1) is 9.18. The minimum Gasteiger partial charge on any atom is -0.507 e. The number of nitrogens with zero attached hydrogens (tertiary/aromatic N) is 1. The van der Waals surface area contributed by atoms with Gasteiger partial charge in [-0.25, -0.2) is 9.82 Å². The number of halogens is 1. The predicted octanol–water partition coefficient (Wildman–Crippen LogP) is 2.30. The highest BCUT2D eigenvalue weighted by atomic mass is 19.1. The lowest BCUT2D eigenvalue weighted by Gasteiger charge is -2.02. The Hall–Kier alpha value is -2.69. The maximum absolute atomic E-state index is 13.3. The Labute approximate surface area is 109 Å². The summed E-state index contributed by atoms with van der Waals surface area (Å²) >= 11 is 0. The monoisotopic (exact) mass is 258 g/mol. The molecule has 0 aliphatic heterocycles. The summed E-state index contributed by atoms with van der Waals surface area (Å²) in [5.41, 5.74) is 2.59. The third kappa shape index (κ3) is 3.16. The number of aromatic hydroxyl groups is 1. The fourth-order valence-corrected chi connectivity index (χ4v) is 1.47. The van der Waals surface area contributed by atoms with Crippen LogP contribution in [0, 0.1) is 5.82 Å². The minimum absolute atomic E-state index is 0.105. The van der Waals surface area contributed by atoms with Crippen LogP contribution in [-0.2, 0) is 0 Å². The van der Waals surface area contributed by atoms with E-state index < -0.39 is 11.7 Å². The summed E-state index contributed by atoms with van der Waals surface area (Å²) in [5, 5.41) is 13.1. The summed E-state index contributed by atoms with van der Waals surface area (Å²) in [4.78, 5) is 11.7. The van der Waals surface area contributed by atoms with Gasteiger partial charge in [-0.2, -0.15) is 5.10 Å². The van der Waals surface area contributed by atoms with E-state index in [0.29, 0.717) is 0 Å². The summed E-state index contributed by atoms with van der Waals surface area (Å²) in [5.74, 6) is -1.13. The lowest BCUT2D eigenvalue weighted by molar-refractivity contribution is 0.0952. The molecule has 0 aliphatic carbocycles. The second-order valence-corrected chi connectivity index (χ2v) is 3.74. The van der Waals surface area contributed by atoms with Crippen LogP contribution in [0.15, 0.2) is 53.6 Å². The Morgan fingerprint density at radius 3 is 2.58 bits per heavy atom. The van der Waals surface area contributed by atoms with E-state index in [-0.39, 0.29) is 16.9 Å². The average Bonchev–Trinajstić information content (AvgIpc) is 2.41. The van der Waals surface area contributed by atoms with Crippen molar-refractivity contribution in [3.63, 3.8) is 0 Å². The van der Waals surface area contributed by atoms with Gasteiger partial charge in [0, 0.05) is 5.56 Å². The van der Waals surface area contributed by atoms with Crippen LogP contribution in [0.3, 0.4) is 0 Å². The molecule has 5 heteroatoms. The minimum atomic E-state index is -0.564. The fourth-order valence-electron chi connectivity index (χ4n) is 1.47. The normalized spacial score (nSPS) is 10.6. The van der Waals surface area contributed by atoms with Gasteiger partial charge >= 0.3 is 0 Å². The molecule has 4 nitrogen and oxygen atoms in total. The molecular formula is C14H11FN2O2. The third-order valence-corrected chi connectivity index (χ3v) is 2.42. The number of rotatable bonds is 3. The SMILES string of the molecule is O=C(NN=Cc1ccccc1F)c1ccccc1O. The molecule has 0 radical (unpaired) electrons. The lowest BCUT2D eigenvalue weighted by Crippen LogP contribution is -2.17. The summed E-state index contributed by atoms with van der Waals surface area (Å²) in [7, 11) is 0. The molecule has 1 amide bonds. The maximum atomic E-state index is 13.3. The van der Waals surface area contributed by atoms with Gasteiger partial charge in [-0.05, 0) is 18.2 Å². The molecule has 0 fully saturated rings. The maximum Gasteiger partial charge on any atom is 0.275 e.